The first-order chi connectivity index (χ1) is 7.83. The molecule has 0 aliphatic heterocycles. The molecule has 2 nitrogen and oxygen atoms in total. The van der Waals surface area contributed by atoms with E-state index >= 15 is 0 Å². The van der Waals surface area contributed by atoms with Crippen LogP contribution in [0.15, 0.2) is 55.0 Å². The molecule has 0 aliphatic carbocycles. The number of fused-ring (bicyclic) bond motifs is 1. The fraction of sp³-hybridized carbons (Fsp3) is 0. The van der Waals surface area contributed by atoms with Crippen molar-refractivity contribution in [2.45, 2.75) is 0 Å². The number of halogens is 1. The van der Waals surface area contributed by atoms with Crippen LogP contribution < -0.4 is 0 Å². The Bertz CT molecular complexity index is 643. The average molecular weight is 229 g/mol. The van der Waals surface area contributed by atoms with Gasteiger partial charge in [0.25, 0.3) is 0 Å². The maximum Gasteiger partial charge on any atom is 0.0869 e. The average Bonchev–Trinajstić information content (AvgIpc) is 2.75. The molecule has 0 amide bonds. The van der Waals surface area contributed by atoms with E-state index in [-0.39, 0.29) is 0 Å². The van der Waals surface area contributed by atoms with Gasteiger partial charge in [0.2, 0.25) is 0 Å². The van der Waals surface area contributed by atoms with Crippen molar-refractivity contribution in [3.63, 3.8) is 0 Å². The Kier molecular flexibility index (Phi) is 2.15. The minimum atomic E-state index is 0.729. The first kappa shape index (κ1) is 9.43. The van der Waals surface area contributed by atoms with Gasteiger partial charge in [0.1, 0.15) is 0 Å². The lowest BCUT2D eigenvalue weighted by Gasteiger charge is -2.02. The van der Waals surface area contributed by atoms with E-state index in [2.05, 4.69) is 4.98 Å². The third-order valence-corrected chi connectivity index (χ3v) is 2.76. The van der Waals surface area contributed by atoms with Crippen LogP contribution in [0.25, 0.3) is 16.8 Å². The van der Waals surface area contributed by atoms with Crippen molar-refractivity contribution in [1.82, 2.24) is 9.38 Å². The highest BCUT2D eigenvalue weighted by Crippen LogP contribution is 2.21. The quantitative estimate of drug-likeness (QED) is 0.621. The third-order valence-electron chi connectivity index (χ3n) is 2.53. The number of benzene rings is 1. The topological polar surface area (TPSA) is 17.3 Å². The van der Waals surface area contributed by atoms with Crippen LogP contribution in [0.1, 0.15) is 0 Å². The second-order valence-electron chi connectivity index (χ2n) is 3.62. The minimum absolute atomic E-state index is 0.729. The van der Waals surface area contributed by atoms with E-state index in [1.807, 2.05) is 59.4 Å². The van der Waals surface area contributed by atoms with Gasteiger partial charge < -0.3 is 4.40 Å². The van der Waals surface area contributed by atoms with E-state index in [0.717, 1.165) is 21.8 Å². The van der Waals surface area contributed by atoms with E-state index < -0.39 is 0 Å². The summed E-state index contributed by atoms with van der Waals surface area (Å²) >= 11 is 5.96. The number of hydrogen-bond acceptors (Lipinski definition) is 1. The SMILES string of the molecule is Clc1cccc(-c2cn3cccc3cn2)c1. The molecule has 0 saturated heterocycles. The van der Waals surface area contributed by atoms with Crippen molar-refractivity contribution >= 4 is 17.1 Å². The Labute approximate surface area is 98.1 Å². The summed E-state index contributed by atoms with van der Waals surface area (Å²) in [5.74, 6) is 0. The van der Waals surface area contributed by atoms with Crippen LogP contribution >= 0.6 is 11.6 Å². The summed E-state index contributed by atoms with van der Waals surface area (Å²) in [5, 5.41) is 0.729. The summed E-state index contributed by atoms with van der Waals surface area (Å²) in [6.45, 7) is 0. The molecule has 0 spiro atoms. The lowest BCUT2D eigenvalue weighted by molar-refractivity contribution is 1.15. The van der Waals surface area contributed by atoms with Crippen LogP contribution in [0.5, 0.6) is 0 Å². The molecule has 0 N–H and O–H groups in total. The van der Waals surface area contributed by atoms with Crippen LogP contribution in [0, 0.1) is 0 Å². The molecule has 0 fully saturated rings. The largest absolute Gasteiger partial charge is 0.320 e. The lowest BCUT2D eigenvalue weighted by atomic mass is 10.2. The zero-order valence-corrected chi connectivity index (χ0v) is 9.22. The van der Waals surface area contributed by atoms with Crippen molar-refractivity contribution in [3.05, 3.63) is 60.0 Å². The zero-order chi connectivity index (χ0) is 11.0. The van der Waals surface area contributed by atoms with Gasteiger partial charge in [0, 0.05) is 23.0 Å². The highest BCUT2D eigenvalue weighted by Gasteiger charge is 2.01. The maximum absolute atomic E-state index is 5.96. The summed E-state index contributed by atoms with van der Waals surface area (Å²) in [7, 11) is 0. The number of nitrogens with zero attached hydrogens (tertiary/aromatic N) is 2. The molecule has 2 heterocycles. The van der Waals surface area contributed by atoms with Crippen molar-refractivity contribution in [3.8, 4) is 11.3 Å². The minimum Gasteiger partial charge on any atom is -0.320 e. The molecule has 78 valence electrons. The molecule has 0 saturated carbocycles. The van der Waals surface area contributed by atoms with Crippen LogP contribution in [0.4, 0.5) is 0 Å². The molecule has 3 aromatic rings. The molecule has 1 aromatic carbocycles. The molecule has 0 bridgehead atoms. The highest BCUT2D eigenvalue weighted by atomic mass is 35.5. The molecular weight excluding hydrogens is 220 g/mol. The fourth-order valence-electron chi connectivity index (χ4n) is 1.73. The predicted molar refractivity (Wildman–Crippen MR) is 65.6 cm³/mol. The van der Waals surface area contributed by atoms with Gasteiger partial charge in [0.15, 0.2) is 0 Å². The van der Waals surface area contributed by atoms with E-state index in [1.165, 1.54) is 0 Å². The molecular formula is C13H9ClN2. The Morgan fingerprint density at radius 1 is 1.12 bits per heavy atom. The molecule has 3 heteroatoms. The summed E-state index contributed by atoms with van der Waals surface area (Å²) in [5.41, 5.74) is 3.04. The van der Waals surface area contributed by atoms with Gasteiger partial charge in [-0.25, -0.2) is 0 Å². The molecule has 0 aliphatic rings. The Morgan fingerprint density at radius 2 is 2.06 bits per heavy atom. The van der Waals surface area contributed by atoms with Gasteiger partial charge in [-0.1, -0.05) is 23.7 Å². The second-order valence-corrected chi connectivity index (χ2v) is 4.06. The molecule has 0 unspecified atom stereocenters. The number of rotatable bonds is 1. The van der Waals surface area contributed by atoms with Gasteiger partial charge in [-0.2, -0.15) is 0 Å². The lowest BCUT2D eigenvalue weighted by Crippen LogP contribution is -1.88. The predicted octanol–water partition coefficient (Wildman–Crippen LogP) is 3.65. The molecule has 0 atom stereocenters. The number of hydrogen-bond donors (Lipinski definition) is 0. The second kappa shape index (κ2) is 3.65. The van der Waals surface area contributed by atoms with Gasteiger partial charge in [-0.15, -0.1) is 0 Å². The smallest absolute Gasteiger partial charge is 0.0869 e. The Balaban J connectivity index is 2.18. The normalized spacial score (nSPS) is 10.8. The first-order valence-electron chi connectivity index (χ1n) is 5.01. The van der Waals surface area contributed by atoms with E-state index in [1.54, 1.807) is 0 Å². The van der Waals surface area contributed by atoms with Gasteiger partial charge in [0.05, 0.1) is 17.4 Å². The molecule has 16 heavy (non-hydrogen) atoms. The van der Waals surface area contributed by atoms with Crippen LogP contribution in [-0.2, 0) is 0 Å². The summed E-state index contributed by atoms with van der Waals surface area (Å²) in [6.07, 6.45) is 5.86. The van der Waals surface area contributed by atoms with Gasteiger partial charge in [-0.3, -0.25) is 4.98 Å². The highest BCUT2D eigenvalue weighted by molar-refractivity contribution is 6.30. The summed E-state index contributed by atoms with van der Waals surface area (Å²) in [4.78, 5) is 4.41. The molecule has 2 aromatic heterocycles. The summed E-state index contributed by atoms with van der Waals surface area (Å²) in [6, 6.07) is 11.7. The maximum atomic E-state index is 5.96. The number of aromatic nitrogens is 2. The summed E-state index contributed by atoms with van der Waals surface area (Å²) < 4.78 is 2.04. The van der Waals surface area contributed by atoms with Crippen LogP contribution in [0.3, 0.4) is 0 Å². The fourth-order valence-corrected chi connectivity index (χ4v) is 1.92. The first-order valence-corrected chi connectivity index (χ1v) is 5.39. The van der Waals surface area contributed by atoms with Crippen molar-refractivity contribution in [2.24, 2.45) is 0 Å². The monoisotopic (exact) mass is 228 g/mol. The van der Waals surface area contributed by atoms with E-state index in [0.29, 0.717) is 0 Å². The zero-order valence-electron chi connectivity index (χ0n) is 8.47. The van der Waals surface area contributed by atoms with Gasteiger partial charge >= 0.3 is 0 Å². The van der Waals surface area contributed by atoms with E-state index in [9.17, 15) is 0 Å². The third kappa shape index (κ3) is 1.57. The van der Waals surface area contributed by atoms with E-state index in [4.69, 9.17) is 11.6 Å². The van der Waals surface area contributed by atoms with Crippen LogP contribution in [-0.4, -0.2) is 9.38 Å². The standard InChI is InChI=1S/C13H9ClN2/c14-11-4-1-3-10(7-11)13-9-16-6-2-5-12(16)8-15-13/h1-9H. The van der Waals surface area contributed by atoms with Crippen LogP contribution in [0.2, 0.25) is 5.02 Å². The Hall–Kier alpha value is -1.80. The molecule has 0 radical (unpaired) electrons. The van der Waals surface area contributed by atoms with Gasteiger partial charge in [-0.05, 0) is 24.3 Å². The van der Waals surface area contributed by atoms with Crippen molar-refractivity contribution in [2.75, 3.05) is 0 Å². The van der Waals surface area contributed by atoms with Crippen molar-refractivity contribution in [1.29, 1.82) is 0 Å². The van der Waals surface area contributed by atoms with Crippen molar-refractivity contribution < 1.29 is 0 Å². The molecule has 3 rings (SSSR count). The Morgan fingerprint density at radius 3 is 2.94 bits per heavy atom.